The summed E-state index contributed by atoms with van der Waals surface area (Å²) in [6, 6.07) is 9.78. The predicted octanol–water partition coefficient (Wildman–Crippen LogP) is 4.42. The third kappa shape index (κ3) is 1.83. The van der Waals surface area contributed by atoms with Gasteiger partial charge in [0, 0.05) is 28.0 Å². The molecule has 0 amide bonds. The number of benzene rings is 2. The molecular weight excluding hydrogens is 332 g/mol. The fourth-order valence-electron chi connectivity index (χ4n) is 4.09. The molecule has 5 heteroatoms. The van der Waals surface area contributed by atoms with Crippen molar-refractivity contribution in [3.05, 3.63) is 58.1 Å². The molecule has 2 aliphatic rings. The zero-order valence-corrected chi connectivity index (χ0v) is 13.8. The summed E-state index contributed by atoms with van der Waals surface area (Å²) in [6.45, 7) is 0.251. The summed E-state index contributed by atoms with van der Waals surface area (Å²) >= 11 is 0. The van der Waals surface area contributed by atoms with Crippen LogP contribution in [0.3, 0.4) is 0 Å². The average molecular weight is 346 g/mol. The van der Waals surface area contributed by atoms with Crippen molar-refractivity contribution in [1.29, 1.82) is 0 Å². The first-order valence-electron chi connectivity index (χ1n) is 8.68. The average Bonchev–Trinajstić information content (AvgIpc) is 3.38. The molecule has 4 aromatic rings. The first-order chi connectivity index (χ1) is 12.8. The molecule has 6 rings (SSSR count). The van der Waals surface area contributed by atoms with Gasteiger partial charge in [-0.25, -0.2) is 4.79 Å². The van der Waals surface area contributed by atoms with Gasteiger partial charge in [-0.2, -0.15) is 0 Å². The molecule has 0 saturated carbocycles. The number of aryl methyl sites for hydroxylation is 1. The van der Waals surface area contributed by atoms with Crippen LogP contribution in [0.25, 0.3) is 33.1 Å². The molecule has 128 valence electrons. The van der Waals surface area contributed by atoms with Crippen molar-refractivity contribution in [3.63, 3.8) is 0 Å². The molecule has 0 radical (unpaired) electrons. The van der Waals surface area contributed by atoms with E-state index >= 15 is 0 Å². The van der Waals surface area contributed by atoms with Crippen molar-refractivity contribution in [2.45, 2.75) is 19.3 Å². The molecule has 0 atom stereocenters. The van der Waals surface area contributed by atoms with Crippen molar-refractivity contribution < 1.29 is 18.3 Å². The summed E-state index contributed by atoms with van der Waals surface area (Å²) < 4.78 is 22.2. The number of hydrogen-bond acceptors (Lipinski definition) is 5. The Kier molecular flexibility index (Phi) is 2.65. The highest BCUT2D eigenvalue weighted by molar-refractivity contribution is 6.02. The van der Waals surface area contributed by atoms with Gasteiger partial charge in [-0.3, -0.25) is 0 Å². The van der Waals surface area contributed by atoms with Crippen molar-refractivity contribution in [2.75, 3.05) is 6.79 Å². The fraction of sp³-hybridized carbons (Fsp3) is 0.190. The number of ether oxygens (including phenoxy) is 2. The molecule has 1 aliphatic carbocycles. The van der Waals surface area contributed by atoms with Gasteiger partial charge in [0.1, 0.15) is 11.2 Å². The molecule has 2 aromatic heterocycles. The molecule has 0 unspecified atom stereocenters. The van der Waals surface area contributed by atoms with Gasteiger partial charge in [-0.1, -0.05) is 6.07 Å². The Morgan fingerprint density at radius 1 is 0.846 bits per heavy atom. The van der Waals surface area contributed by atoms with E-state index in [1.54, 1.807) is 6.26 Å². The first kappa shape index (κ1) is 14.0. The summed E-state index contributed by atoms with van der Waals surface area (Å²) in [4.78, 5) is 12.2. The van der Waals surface area contributed by atoms with E-state index < -0.39 is 0 Å². The van der Waals surface area contributed by atoms with Gasteiger partial charge in [-0.05, 0) is 48.6 Å². The maximum Gasteiger partial charge on any atom is 0.339 e. The SMILES string of the molecule is O=c1oc2cc3occ(-c4ccc5c(c4)OCO5)c3cc2c2c1CCC2. The summed E-state index contributed by atoms with van der Waals surface area (Å²) in [5.74, 6) is 1.50. The van der Waals surface area contributed by atoms with Crippen molar-refractivity contribution >= 4 is 21.9 Å². The van der Waals surface area contributed by atoms with Gasteiger partial charge in [0.25, 0.3) is 0 Å². The van der Waals surface area contributed by atoms with Crippen LogP contribution in [0.1, 0.15) is 17.5 Å². The molecule has 0 N–H and O–H groups in total. The summed E-state index contributed by atoms with van der Waals surface area (Å²) in [6.07, 6.45) is 4.45. The van der Waals surface area contributed by atoms with Gasteiger partial charge in [0.05, 0.1) is 6.26 Å². The molecule has 0 fully saturated rings. The van der Waals surface area contributed by atoms with E-state index in [4.69, 9.17) is 18.3 Å². The van der Waals surface area contributed by atoms with E-state index in [0.717, 1.165) is 63.8 Å². The Hall–Kier alpha value is -3.21. The highest BCUT2D eigenvalue weighted by atomic mass is 16.7. The Morgan fingerprint density at radius 3 is 2.69 bits per heavy atom. The molecule has 0 saturated heterocycles. The summed E-state index contributed by atoms with van der Waals surface area (Å²) in [5.41, 5.74) is 5.01. The Balaban J connectivity index is 1.63. The standard InChI is InChI=1S/C21H14O5/c22-21-13-3-1-2-12(13)14-7-15-16(9-23-18(15)8-19(14)26-21)11-4-5-17-20(6-11)25-10-24-17/h4-9H,1-3,10H2. The van der Waals surface area contributed by atoms with E-state index in [9.17, 15) is 4.79 Å². The van der Waals surface area contributed by atoms with Crippen LogP contribution in [0.2, 0.25) is 0 Å². The second kappa shape index (κ2) is 4.91. The molecule has 0 bridgehead atoms. The second-order valence-corrected chi connectivity index (χ2v) is 6.76. The van der Waals surface area contributed by atoms with Gasteiger partial charge in [-0.15, -0.1) is 0 Å². The Bertz CT molecular complexity index is 1260. The van der Waals surface area contributed by atoms with Crippen molar-refractivity contribution in [2.24, 2.45) is 0 Å². The lowest BCUT2D eigenvalue weighted by Gasteiger charge is -2.05. The van der Waals surface area contributed by atoms with E-state index in [-0.39, 0.29) is 12.4 Å². The van der Waals surface area contributed by atoms with Crippen LogP contribution >= 0.6 is 0 Å². The van der Waals surface area contributed by atoms with E-state index in [2.05, 4.69) is 6.07 Å². The zero-order chi connectivity index (χ0) is 17.3. The maximum absolute atomic E-state index is 12.2. The van der Waals surface area contributed by atoms with Crippen LogP contribution in [-0.2, 0) is 12.8 Å². The summed E-state index contributed by atoms with van der Waals surface area (Å²) in [5, 5.41) is 2.01. The molecule has 5 nitrogen and oxygen atoms in total. The van der Waals surface area contributed by atoms with Crippen LogP contribution in [0.15, 0.2) is 50.2 Å². The minimum atomic E-state index is -0.216. The minimum Gasteiger partial charge on any atom is -0.464 e. The lowest BCUT2D eigenvalue weighted by atomic mass is 10.0. The monoisotopic (exact) mass is 346 g/mol. The van der Waals surface area contributed by atoms with Gasteiger partial charge in [0.15, 0.2) is 11.5 Å². The molecule has 2 aromatic carbocycles. The largest absolute Gasteiger partial charge is 0.464 e. The second-order valence-electron chi connectivity index (χ2n) is 6.76. The van der Waals surface area contributed by atoms with Crippen LogP contribution in [0, 0.1) is 0 Å². The van der Waals surface area contributed by atoms with Gasteiger partial charge in [0.2, 0.25) is 6.79 Å². The molecular formula is C21H14O5. The highest BCUT2D eigenvalue weighted by Gasteiger charge is 2.22. The Labute approximate surface area is 147 Å². The van der Waals surface area contributed by atoms with E-state index in [0.29, 0.717) is 11.2 Å². The van der Waals surface area contributed by atoms with Crippen LogP contribution in [0.5, 0.6) is 11.5 Å². The van der Waals surface area contributed by atoms with Crippen molar-refractivity contribution in [3.8, 4) is 22.6 Å². The number of fused-ring (bicyclic) bond motifs is 5. The summed E-state index contributed by atoms with van der Waals surface area (Å²) in [7, 11) is 0. The molecule has 0 spiro atoms. The third-order valence-electron chi connectivity index (χ3n) is 5.35. The lowest BCUT2D eigenvalue weighted by molar-refractivity contribution is 0.174. The number of furan rings is 1. The van der Waals surface area contributed by atoms with Crippen LogP contribution in [0.4, 0.5) is 0 Å². The predicted molar refractivity (Wildman–Crippen MR) is 95.8 cm³/mol. The number of rotatable bonds is 1. The topological polar surface area (TPSA) is 61.8 Å². The maximum atomic E-state index is 12.2. The zero-order valence-electron chi connectivity index (χ0n) is 13.8. The lowest BCUT2D eigenvalue weighted by Crippen LogP contribution is -2.06. The van der Waals surface area contributed by atoms with E-state index in [1.807, 2.05) is 24.3 Å². The smallest absolute Gasteiger partial charge is 0.339 e. The van der Waals surface area contributed by atoms with Crippen LogP contribution in [-0.4, -0.2) is 6.79 Å². The third-order valence-corrected chi connectivity index (χ3v) is 5.35. The molecule has 3 heterocycles. The highest BCUT2D eigenvalue weighted by Crippen LogP contribution is 2.40. The van der Waals surface area contributed by atoms with Gasteiger partial charge >= 0.3 is 5.63 Å². The van der Waals surface area contributed by atoms with E-state index in [1.165, 1.54) is 0 Å². The minimum absolute atomic E-state index is 0.216. The quantitative estimate of drug-likeness (QED) is 0.477. The first-order valence-corrected chi connectivity index (χ1v) is 8.68. The van der Waals surface area contributed by atoms with Gasteiger partial charge < -0.3 is 18.3 Å². The number of hydrogen-bond donors (Lipinski definition) is 0. The normalized spacial score (nSPS) is 15.1. The molecule has 1 aliphatic heterocycles. The fourth-order valence-corrected chi connectivity index (χ4v) is 4.09. The molecule has 26 heavy (non-hydrogen) atoms. The van der Waals surface area contributed by atoms with Crippen LogP contribution < -0.4 is 15.1 Å². The Morgan fingerprint density at radius 2 is 1.73 bits per heavy atom. The van der Waals surface area contributed by atoms with Crippen molar-refractivity contribution in [1.82, 2.24) is 0 Å².